The van der Waals surface area contributed by atoms with Crippen molar-refractivity contribution in [2.75, 3.05) is 0 Å². The number of rotatable bonds is 25. The number of hydrogen-bond donors (Lipinski definition) is 3. The largest absolute Gasteiger partial charge is 0.455 e. The zero-order chi connectivity index (χ0) is 31.6. The average molecular weight is 623 g/mol. The summed E-state index contributed by atoms with van der Waals surface area (Å²) in [5.74, 6) is -0.281. The van der Waals surface area contributed by atoms with E-state index in [0.29, 0.717) is 12.0 Å². The van der Waals surface area contributed by atoms with E-state index in [9.17, 15) is 20.1 Å². The molecule has 0 saturated carbocycles. The molecule has 0 unspecified atom stereocenters. The Bertz CT molecular complexity index is 801. The highest BCUT2D eigenvalue weighted by Gasteiger charge is 2.40. The van der Waals surface area contributed by atoms with Crippen LogP contribution in [0.4, 0.5) is 0 Å². The summed E-state index contributed by atoms with van der Waals surface area (Å²) in [6.07, 6.45) is 26.1. The van der Waals surface area contributed by atoms with E-state index in [2.05, 4.69) is 6.92 Å². The number of unbranched alkanes of at least 4 members (excludes halogenated alkanes) is 14. The summed E-state index contributed by atoms with van der Waals surface area (Å²) in [6.45, 7) is 4.09. The van der Waals surface area contributed by atoms with Crippen LogP contribution in [-0.4, -0.2) is 70.1 Å². The molecule has 256 valence electrons. The van der Waals surface area contributed by atoms with Crippen LogP contribution in [0.1, 0.15) is 168 Å². The van der Waals surface area contributed by atoms with Gasteiger partial charge in [0.1, 0.15) is 6.10 Å². The summed E-state index contributed by atoms with van der Waals surface area (Å²) in [7, 11) is 0. The predicted molar refractivity (Wildman–Crippen MR) is 175 cm³/mol. The highest BCUT2D eigenvalue weighted by Crippen LogP contribution is 2.34. The van der Waals surface area contributed by atoms with Gasteiger partial charge in [-0.3, -0.25) is 0 Å². The van der Waals surface area contributed by atoms with E-state index in [1.54, 1.807) is 0 Å². The first-order chi connectivity index (χ1) is 21.4. The van der Waals surface area contributed by atoms with Crippen molar-refractivity contribution in [1.29, 1.82) is 0 Å². The number of cyclic esters (lactones) is 1. The van der Waals surface area contributed by atoms with Gasteiger partial charge in [-0.05, 0) is 57.9 Å². The van der Waals surface area contributed by atoms with Crippen molar-refractivity contribution in [2.45, 2.75) is 217 Å². The topological polar surface area (TPSA) is 105 Å². The van der Waals surface area contributed by atoms with Gasteiger partial charge < -0.3 is 29.5 Å². The average Bonchev–Trinajstić information content (AvgIpc) is 3.75. The minimum atomic E-state index is -0.463. The van der Waals surface area contributed by atoms with Gasteiger partial charge in [0, 0.05) is 12.0 Å². The lowest BCUT2D eigenvalue weighted by Crippen LogP contribution is -2.33. The van der Waals surface area contributed by atoms with Gasteiger partial charge in [0.25, 0.3) is 0 Å². The van der Waals surface area contributed by atoms with Crippen LogP contribution in [0.2, 0.25) is 0 Å². The SMILES string of the molecule is CCCCCCCCCC[C@H](O)[C@@H]1CC[C@@H]([C@@H]2CC[C@@H]([C@@H](O)CCCCCCCCCC[C@@H](O)CC3=C[C@H](C)OC3=O)O2)O1. The third kappa shape index (κ3) is 14.2. The first-order valence-corrected chi connectivity index (χ1v) is 18.6. The number of carbonyl (C=O) groups excluding carboxylic acids is 1. The molecule has 44 heavy (non-hydrogen) atoms. The summed E-state index contributed by atoms with van der Waals surface area (Å²) in [6, 6.07) is 0. The van der Waals surface area contributed by atoms with Crippen LogP contribution in [0.3, 0.4) is 0 Å². The molecule has 2 fully saturated rings. The van der Waals surface area contributed by atoms with E-state index in [4.69, 9.17) is 14.2 Å². The van der Waals surface area contributed by atoms with Crippen molar-refractivity contribution in [3.63, 3.8) is 0 Å². The van der Waals surface area contributed by atoms with Crippen LogP contribution in [0.15, 0.2) is 11.6 Å². The van der Waals surface area contributed by atoms with Gasteiger partial charge in [-0.15, -0.1) is 0 Å². The second kappa shape index (κ2) is 21.7. The van der Waals surface area contributed by atoms with E-state index in [1.165, 1.54) is 70.6 Å². The molecule has 0 aromatic heterocycles. The molecular weight excluding hydrogens is 556 g/mol. The van der Waals surface area contributed by atoms with Crippen LogP contribution in [0, 0.1) is 0 Å². The number of carbonyl (C=O) groups is 1. The number of esters is 1. The van der Waals surface area contributed by atoms with E-state index in [0.717, 1.165) is 77.0 Å². The molecular formula is C37H66O7. The second-order valence-electron chi connectivity index (χ2n) is 14.0. The molecule has 0 amide bonds. The third-order valence-corrected chi connectivity index (χ3v) is 10.0. The smallest absolute Gasteiger partial charge is 0.334 e. The van der Waals surface area contributed by atoms with Crippen LogP contribution in [-0.2, 0) is 19.0 Å². The maximum Gasteiger partial charge on any atom is 0.334 e. The molecule has 0 aromatic carbocycles. The molecule has 3 aliphatic rings. The summed E-state index contributed by atoms with van der Waals surface area (Å²) in [5.41, 5.74) is 0.617. The second-order valence-corrected chi connectivity index (χ2v) is 14.0. The molecule has 0 radical (unpaired) electrons. The third-order valence-electron chi connectivity index (χ3n) is 10.0. The fourth-order valence-electron chi connectivity index (χ4n) is 7.28. The molecule has 8 atom stereocenters. The fourth-order valence-corrected chi connectivity index (χ4v) is 7.28. The Hall–Kier alpha value is -0.990. The Balaban J connectivity index is 1.13. The van der Waals surface area contributed by atoms with Gasteiger partial charge in [-0.2, -0.15) is 0 Å². The van der Waals surface area contributed by atoms with E-state index >= 15 is 0 Å². The quantitative estimate of drug-likeness (QED) is 0.0703. The molecule has 7 heteroatoms. The zero-order valence-corrected chi connectivity index (χ0v) is 28.1. The Morgan fingerprint density at radius 3 is 1.52 bits per heavy atom. The van der Waals surface area contributed by atoms with Crippen molar-refractivity contribution >= 4 is 5.97 Å². The molecule has 0 spiro atoms. The van der Waals surface area contributed by atoms with Crippen molar-refractivity contribution in [2.24, 2.45) is 0 Å². The summed E-state index contributed by atoms with van der Waals surface area (Å²) < 4.78 is 17.7. The number of ether oxygens (including phenoxy) is 3. The molecule has 0 bridgehead atoms. The molecule has 3 heterocycles. The molecule has 7 nitrogen and oxygen atoms in total. The van der Waals surface area contributed by atoms with Gasteiger partial charge in [0.05, 0.1) is 42.7 Å². The normalized spacial score (nSPS) is 27.4. The molecule has 3 N–H and O–H groups in total. The summed E-state index contributed by atoms with van der Waals surface area (Å²) in [4.78, 5) is 11.7. The molecule has 2 saturated heterocycles. The maximum absolute atomic E-state index is 11.7. The minimum absolute atomic E-state index is 0.0519. The molecule has 3 aliphatic heterocycles. The highest BCUT2D eigenvalue weighted by atomic mass is 16.6. The van der Waals surface area contributed by atoms with Gasteiger partial charge in [-0.1, -0.05) is 110 Å². The number of aliphatic hydroxyl groups excluding tert-OH is 3. The highest BCUT2D eigenvalue weighted by molar-refractivity contribution is 5.90. The lowest BCUT2D eigenvalue weighted by molar-refractivity contribution is -0.139. The Morgan fingerprint density at radius 2 is 1.09 bits per heavy atom. The first-order valence-electron chi connectivity index (χ1n) is 18.6. The van der Waals surface area contributed by atoms with Gasteiger partial charge in [0.2, 0.25) is 0 Å². The predicted octanol–water partition coefficient (Wildman–Crippen LogP) is 7.86. The molecule has 0 aromatic rings. The van der Waals surface area contributed by atoms with Crippen molar-refractivity contribution < 1.29 is 34.3 Å². The number of hydrogen-bond acceptors (Lipinski definition) is 7. The Kier molecular flexibility index (Phi) is 18.5. The lowest BCUT2D eigenvalue weighted by Gasteiger charge is -2.24. The van der Waals surface area contributed by atoms with Crippen molar-refractivity contribution in [1.82, 2.24) is 0 Å². The van der Waals surface area contributed by atoms with Crippen LogP contribution in [0.5, 0.6) is 0 Å². The van der Waals surface area contributed by atoms with Crippen LogP contribution >= 0.6 is 0 Å². The van der Waals surface area contributed by atoms with Gasteiger partial charge >= 0.3 is 5.97 Å². The first kappa shape index (κ1) is 37.5. The summed E-state index contributed by atoms with van der Waals surface area (Å²) in [5, 5.41) is 31.6. The van der Waals surface area contributed by atoms with Crippen molar-refractivity contribution in [3.8, 4) is 0 Å². The fraction of sp³-hybridized carbons (Fsp3) is 0.919. The van der Waals surface area contributed by atoms with Crippen LogP contribution in [0.25, 0.3) is 0 Å². The molecule has 3 rings (SSSR count). The van der Waals surface area contributed by atoms with E-state index in [1.807, 2.05) is 13.0 Å². The summed E-state index contributed by atoms with van der Waals surface area (Å²) >= 11 is 0. The minimum Gasteiger partial charge on any atom is -0.455 e. The number of aliphatic hydroxyl groups is 3. The zero-order valence-electron chi connectivity index (χ0n) is 28.1. The van der Waals surface area contributed by atoms with Gasteiger partial charge in [0.15, 0.2) is 0 Å². The van der Waals surface area contributed by atoms with E-state index < -0.39 is 12.2 Å². The Labute approximate surface area is 268 Å². The maximum atomic E-state index is 11.7. The van der Waals surface area contributed by atoms with Crippen LogP contribution < -0.4 is 0 Å². The van der Waals surface area contributed by atoms with Crippen molar-refractivity contribution in [3.05, 3.63) is 11.6 Å². The van der Waals surface area contributed by atoms with E-state index in [-0.39, 0.29) is 42.6 Å². The lowest BCUT2D eigenvalue weighted by atomic mass is 10.00. The molecule has 0 aliphatic carbocycles. The Morgan fingerprint density at radius 1 is 0.659 bits per heavy atom. The monoisotopic (exact) mass is 622 g/mol. The van der Waals surface area contributed by atoms with Gasteiger partial charge in [-0.25, -0.2) is 4.79 Å². The standard InChI is InChI=1S/C37H66O7/c1-3-4-5-6-7-11-14-17-20-31(39)33-22-24-35(43-33)36-25-23-34(44-36)32(40)21-18-15-12-9-8-10-13-16-19-30(38)27-29-26-28(2)42-37(29)41/h26,28,30-36,38-40H,3-25,27H2,1-2H3/t28-,30+,31-,32-,33-,34-,35-,36-/m0/s1.